The highest BCUT2D eigenvalue weighted by Gasteiger charge is 2.27. The number of rotatable bonds is 5. The molecule has 1 atom stereocenters. The van der Waals surface area contributed by atoms with E-state index >= 15 is 0 Å². The normalized spacial score (nSPS) is 17.7. The summed E-state index contributed by atoms with van der Waals surface area (Å²) < 4.78 is 0. The summed E-state index contributed by atoms with van der Waals surface area (Å²) in [7, 11) is 0. The molecular formula is C18H21NO. The van der Waals surface area contributed by atoms with Crippen molar-refractivity contribution in [2.24, 2.45) is 0 Å². The maximum absolute atomic E-state index is 10.6. The number of aliphatic hydroxyl groups is 1. The van der Waals surface area contributed by atoms with Crippen molar-refractivity contribution in [3.63, 3.8) is 0 Å². The van der Waals surface area contributed by atoms with Crippen molar-refractivity contribution >= 4 is 0 Å². The summed E-state index contributed by atoms with van der Waals surface area (Å²) in [6.07, 6.45) is 2.48. The average molecular weight is 267 g/mol. The van der Waals surface area contributed by atoms with Crippen LogP contribution in [-0.4, -0.2) is 17.7 Å². The summed E-state index contributed by atoms with van der Waals surface area (Å²) in [5, 5.41) is 14.0. The van der Waals surface area contributed by atoms with Crippen molar-refractivity contribution in [1.29, 1.82) is 0 Å². The number of nitrogens with one attached hydrogen (secondary N) is 1. The molecule has 20 heavy (non-hydrogen) atoms. The standard InChI is InChI=1S/C18H21NO/c1-18(20,13-19-17-11-12-17)16-9-7-15(8-10-16)14-5-3-2-4-6-14/h2-10,17,19-20H,11-13H2,1H3. The first-order valence-electron chi connectivity index (χ1n) is 7.27. The van der Waals surface area contributed by atoms with Crippen LogP contribution in [0.25, 0.3) is 11.1 Å². The highest BCUT2D eigenvalue weighted by molar-refractivity contribution is 5.63. The van der Waals surface area contributed by atoms with Crippen LogP contribution in [0.4, 0.5) is 0 Å². The predicted octanol–water partition coefficient (Wildman–Crippen LogP) is 3.31. The fraction of sp³-hybridized carbons (Fsp3) is 0.333. The SMILES string of the molecule is CC(O)(CNC1CC1)c1ccc(-c2ccccc2)cc1. The lowest BCUT2D eigenvalue weighted by Crippen LogP contribution is -2.36. The lowest BCUT2D eigenvalue weighted by molar-refractivity contribution is 0.0566. The zero-order valence-electron chi connectivity index (χ0n) is 11.8. The van der Waals surface area contributed by atoms with Crippen molar-refractivity contribution < 1.29 is 5.11 Å². The molecule has 1 aliphatic carbocycles. The third-order valence-electron chi connectivity index (χ3n) is 3.93. The molecule has 0 aromatic heterocycles. The first-order chi connectivity index (χ1) is 9.65. The maximum Gasteiger partial charge on any atom is 0.0992 e. The zero-order chi connectivity index (χ0) is 14.0. The number of benzene rings is 2. The Bertz CT molecular complexity index is 556. The number of hydrogen-bond acceptors (Lipinski definition) is 2. The van der Waals surface area contributed by atoms with Gasteiger partial charge in [-0.2, -0.15) is 0 Å². The third-order valence-corrected chi connectivity index (χ3v) is 3.93. The van der Waals surface area contributed by atoms with Crippen LogP contribution in [0, 0.1) is 0 Å². The minimum Gasteiger partial charge on any atom is -0.384 e. The lowest BCUT2D eigenvalue weighted by Gasteiger charge is -2.24. The van der Waals surface area contributed by atoms with Crippen LogP contribution < -0.4 is 5.32 Å². The van der Waals surface area contributed by atoms with E-state index in [1.807, 2.05) is 37.3 Å². The van der Waals surface area contributed by atoms with Crippen LogP contribution in [0.5, 0.6) is 0 Å². The Morgan fingerprint density at radius 3 is 2.20 bits per heavy atom. The van der Waals surface area contributed by atoms with Crippen LogP contribution >= 0.6 is 0 Å². The van der Waals surface area contributed by atoms with Gasteiger partial charge in [-0.25, -0.2) is 0 Å². The van der Waals surface area contributed by atoms with Crippen LogP contribution in [0.1, 0.15) is 25.3 Å². The van der Waals surface area contributed by atoms with E-state index in [0.29, 0.717) is 12.6 Å². The molecule has 2 N–H and O–H groups in total. The van der Waals surface area contributed by atoms with Gasteiger partial charge in [0.15, 0.2) is 0 Å². The molecule has 1 unspecified atom stereocenters. The van der Waals surface area contributed by atoms with Gasteiger partial charge in [-0.15, -0.1) is 0 Å². The first kappa shape index (κ1) is 13.3. The largest absolute Gasteiger partial charge is 0.384 e. The molecule has 0 radical (unpaired) electrons. The van der Waals surface area contributed by atoms with E-state index in [9.17, 15) is 5.11 Å². The van der Waals surface area contributed by atoms with Gasteiger partial charge < -0.3 is 10.4 Å². The van der Waals surface area contributed by atoms with Crippen molar-refractivity contribution in [3.8, 4) is 11.1 Å². The monoisotopic (exact) mass is 267 g/mol. The second kappa shape index (κ2) is 5.39. The molecule has 2 aromatic carbocycles. The van der Waals surface area contributed by atoms with E-state index in [1.165, 1.54) is 24.0 Å². The van der Waals surface area contributed by atoms with E-state index in [-0.39, 0.29) is 0 Å². The molecular weight excluding hydrogens is 246 g/mol. The molecule has 1 saturated carbocycles. The summed E-state index contributed by atoms with van der Waals surface area (Å²) in [6.45, 7) is 2.49. The molecule has 0 spiro atoms. The van der Waals surface area contributed by atoms with E-state index < -0.39 is 5.60 Å². The molecule has 0 heterocycles. The Hall–Kier alpha value is -1.64. The van der Waals surface area contributed by atoms with Gasteiger partial charge in [-0.1, -0.05) is 54.6 Å². The van der Waals surface area contributed by atoms with E-state index in [4.69, 9.17) is 0 Å². The maximum atomic E-state index is 10.6. The molecule has 2 heteroatoms. The van der Waals surface area contributed by atoms with Crippen molar-refractivity contribution in [1.82, 2.24) is 5.32 Å². The van der Waals surface area contributed by atoms with Gasteiger partial charge in [0.25, 0.3) is 0 Å². The van der Waals surface area contributed by atoms with E-state index in [2.05, 4.69) is 29.6 Å². The highest BCUT2D eigenvalue weighted by Crippen LogP contribution is 2.26. The van der Waals surface area contributed by atoms with Gasteiger partial charge in [0.2, 0.25) is 0 Å². The molecule has 1 aliphatic rings. The fourth-order valence-electron chi connectivity index (χ4n) is 2.38. The summed E-state index contributed by atoms with van der Waals surface area (Å²) in [5.74, 6) is 0. The molecule has 0 aliphatic heterocycles. The van der Waals surface area contributed by atoms with Crippen LogP contribution in [0.2, 0.25) is 0 Å². The smallest absolute Gasteiger partial charge is 0.0992 e. The second-order valence-electron chi connectivity index (χ2n) is 5.87. The summed E-state index contributed by atoms with van der Waals surface area (Å²) >= 11 is 0. The van der Waals surface area contributed by atoms with Crippen molar-refractivity contribution in [2.75, 3.05) is 6.54 Å². The third kappa shape index (κ3) is 3.09. The minimum absolute atomic E-state index is 0.613. The van der Waals surface area contributed by atoms with Gasteiger partial charge in [0.1, 0.15) is 0 Å². The van der Waals surface area contributed by atoms with Crippen LogP contribution in [0.15, 0.2) is 54.6 Å². The van der Waals surface area contributed by atoms with Gasteiger partial charge in [0, 0.05) is 12.6 Å². The van der Waals surface area contributed by atoms with E-state index in [0.717, 1.165) is 5.56 Å². The Morgan fingerprint density at radius 1 is 1.00 bits per heavy atom. The molecule has 1 fully saturated rings. The summed E-state index contributed by atoms with van der Waals surface area (Å²) in [4.78, 5) is 0. The quantitative estimate of drug-likeness (QED) is 0.871. The van der Waals surface area contributed by atoms with Gasteiger partial charge in [-0.3, -0.25) is 0 Å². The fourth-order valence-corrected chi connectivity index (χ4v) is 2.38. The molecule has 104 valence electrons. The van der Waals surface area contributed by atoms with Gasteiger partial charge in [0.05, 0.1) is 5.60 Å². The Balaban J connectivity index is 1.74. The first-order valence-corrected chi connectivity index (χ1v) is 7.27. The Kier molecular flexibility index (Phi) is 3.60. The molecule has 0 amide bonds. The van der Waals surface area contributed by atoms with Crippen molar-refractivity contribution in [3.05, 3.63) is 60.2 Å². The van der Waals surface area contributed by atoms with Crippen LogP contribution in [0.3, 0.4) is 0 Å². The molecule has 2 aromatic rings. The number of hydrogen-bond donors (Lipinski definition) is 2. The summed E-state index contributed by atoms with van der Waals surface area (Å²) in [5.41, 5.74) is 2.54. The van der Waals surface area contributed by atoms with Crippen LogP contribution in [-0.2, 0) is 5.60 Å². The van der Waals surface area contributed by atoms with Crippen molar-refractivity contribution in [2.45, 2.75) is 31.4 Å². The highest BCUT2D eigenvalue weighted by atomic mass is 16.3. The van der Waals surface area contributed by atoms with Gasteiger partial charge >= 0.3 is 0 Å². The molecule has 2 nitrogen and oxygen atoms in total. The molecule has 0 bridgehead atoms. The lowest BCUT2D eigenvalue weighted by atomic mass is 9.93. The summed E-state index contributed by atoms with van der Waals surface area (Å²) in [6, 6.07) is 19.1. The molecule has 0 saturated heterocycles. The van der Waals surface area contributed by atoms with Gasteiger partial charge in [-0.05, 0) is 36.5 Å². The zero-order valence-corrected chi connectivity index (χ0v) is 11.8. The molecule has 3 rings (SSSR count). The Labute approximate surface area is 120 Å². The second-order valence-corrected chi connectivity index (χ2v) is 5.87. The predicted molar refractivity (Wildman–Crippen MR) is 82.5 cm³/mol. The minimum atomic E-state index is -0.808. The average Bonchev–Trinajstić information content (AvgIpc) is 3.31. The Morgan fingerprint density at radius 2 is 1.60 bits per heavy atom. The topological polar surface area (TPSA) is 32.3 Å². The van der Waals surface area contributed by atoms with E-state index in [1.54, 1.807) is 0 Å².